The summed E-state index contributed by atoms with van der Waals surface area (Å²) in [6.07, 6.45) is -7.66. The van der Waals surface area contributed by atoms with Crippen LogP contribution < -0.4 is 0 Å². The van der Waals surface area contributed by atoms with Gasteiger partial charge < -0.3 is 0 Å². The van der Waals surface area contributed by atoms with Gasteiger partial charge in [-0.15, -0.1) is 0 Å². The third kappa shape index (κ3) is 2.59. The Morgan fingerprint density at radius 1 is 1.20 bits per heavy atom. The molecular weight excluding hydrogens is 239 g/mol. The quantitative estimate of drug-likeness (QED) is 0.633. The fourth-order valence-electron chi connectivity index (χ4n) is 1.14. The lowest BCUT2D eigenvalue weighted by Crippen LogP contribution is -2.07. The molecule has 0 aliphatic carbocycles. The van der Waals surface area contributed by atoms with E-state index in [1.165, 1.54) is 6.92 Å². The minimum Gasteiger partial charge on any atom is -0.205 e. The molecule has 15 heavy (non-hydrogen) atoms. The molecule has 0 saturated heterocycles. The fraction of sp³-hybridized carbons (Fsp3) is 0.333. The average molecular weight is 245 g/mol. The molecule has 0 atom stereocenters. The second-order valence-electron chi connectivity index (χ2n) is 2.99. The van der Waals surface area contributed by atoms with Crippen LogP contribution in [-0.4, -0.2) is 0 Å². The van der Waals surface area contributed by atoms with Gasteiger partial charge in [0.05, 0.1) is 10.6 Å². The van der Waals surface area contributed by atoms with Gasteiger partial charge in [-0.05, 0) is 24.6 Å². The van der Waals surface area contributed by atoms with Crippen molar-refractivity contribution in [3.63, 3.8) is 0 Å². The predicted octanol–water partition coefficient (Wildman–Crippen LogP) is 4.60. The van der Waals surface area contributed by atoms with Crippen molar-refractivity contribution < 1.29 is 22.0 Å². The minimum absolute atomic E-state index is 0.0444. The van der Waals surface area contributed by atoms with E-state index in [4.69, 9.17) is 11.6 Å². The van der Waals surface area contributed by atoms with Crippen molar-refractivity contribution in [2.45, 2.75) is 19.5 Å². The van der Waals surface area contributed by atoms with E-state index in [-0.39, 0.29) is 5.56 Å². The van der Waals surface area contributed by atoms with Crippen molar-refractivity contribution in [3.8, 4) is 0 Å². The molecule has 1 aromatic rings. The standard InChI is InChI=1S/C9H6ClF5/c1-4-2-7(10)6(9(13,14)15)3-5(4)8(11)12/h2-3,8H,1H3. The van der Waals surface area contributed by atoms with Crippen LogP contribution >= 0.6 is 11.6 Å². The number of rotatable bonds is 1. The van der Waals surface area contributed by atoms with Crippen LogP contribution in [0.25, 0.3) is 0 Å². The SMILES string of the molecule is Cc1cc(Cl)c(C(F)(F)F)cc1C(F)F. The number of hydrogen-bond donors (Lipinski definition) is 0. The molecule has 0 heterocycles. The van der Waals surface area contributed by atoms with E-state index in [9.17, 15) is 22.0 Å². The molecule has 0 aliphatic heterocycles. The lowest BCUT2D eigenvalue weighted by Gasteiger charge is -2.12. The molecule has 0 aliphatic rings. The summed E-state index contributed by atoms with van der Waals surface area (Å²) in [5.41, 5.74) is -1.83. The topological polar surface area (TPSA) is 0 Å². The van der Waals surface area contributed by atoms with Gasteiger partial charge in [0.2, 0.25) is 0 Å². The van der Waals surface area contributed by atoms with E-state index >= 15 is 0 Å². The second kappa shape index (κ2) is 3.96. The predicted molar refractivity (Wildman–Crippen MR) is 46.1 cm³/mol. The Morgan fingerprint density at radius 2 is 1.73 bits per heavy atom. The number of benzene rings is 1. The molecule has 0 fully saturated rings. The molecule has 6 heteroatoms. The van der Waals surface area contributed by atoms with Gasteiger partial charge in [-0.2, -0.15) is 13.2 Å². The summed E-state index contributed by atoms with van der Waals surface area (Å²) in [6.45, 7) is 1.29. The van der Waals surface area contributed by atoms with Crippen molar-refractivity contribution in [3.05, 3.63) is 33.8 Å². The highest BCUT2D eigenvalue weighted by Gasteiger charge is 2.34. The molecule has 0 unspecified atom stereocenters. The van der Waals surface area contributed by atoms with Crippen molar-refractivity contribution in [2.24, 2.45) is 0 Å². The monoisotopic (exact) mass is 244 g/mol. The van der Waals surface area contributed by atoms with Crippen LogP contribution in [-0.2, 0) is 6.18 Å². The first-order valence-electron chi connectivity index (χ1n) is 3.89. The molecule has 1 rings (SSSR count). The van der Waals surface area contributed by atoms with Gasteiger partial charge in [0, 0.05) is 5.56 Å². The number of aryl methyl sites for hydroxylation is 1. The van der Waals surface area contributed by atoms with Crippen LogP contribution in [0.15, 0.2) is 12.1 Å². The second-order valence-corrected chi connectivity index (χ2v) is 3.39. The van der Waals surface area contributed by atoms with E-state index < -0.39 is 28.8 Å². The van der Waals surface area contributed by atoms with Gasteiger partial charge in [-0.1, -0.05) is 11.6 Å². The first kappa shape index (κ1) is 12.2. The maximum absolute atomic E-state index is 12.3. The summed E-state index contributed by atoms with van der Waals surface area (Å²) >= 11 is 5.33. The summed E-state index contributed by atoms with van der Waals surface area (Å²) in [7, 11) is 0. The van der Waals surface area contributed by atoms with Crippen molar-refractivity contribution in [1.29, 1.82) is 0 Å². The van der Waals surface area contributed by atoms with Crippen LogP contribution in [0.1, 0.15) is 23.1 Å². The zero-order valence-corrected chi connectivity index (χ0v) is 8.26. The third-order valence-electron chi connectivity index (χ3n) is 1.90. The van der Waals surface area contributed by atoms with Gasteiger partial charge in [0.15, 0.2) is 0 Å². The Kier molecular flexibility index (Phi) is 3.23. The number of hydrogen-bond acceptors (Lipinski definition) is 0. The molecule has 1 aromatic carbocycles. The smallest absolute Gasteiger partial charge is 0.205 e. The van der Waals surface area contributed by atoms with Gasteiger partial charge >= 0.3 is 6.18 Å². The van der Waals surface area contributed by atoms with Gasteiger partial charge in [-0.25, -0.2) is 8.78 Å². The summed E-state index contributed by atoms with van der Waals surface area (Å²) < 4.78 is 61.5. The molecule has 84 valence electrons. The van der Waals surface area contributed by atoms with E-state index in [2.05, 4.69) is 0 Å². The van der Waals surface area contributed by atoms with Crippen molar-refractivity contribution in [2.75, 3.05) is 0 Å². The van der Waals surface area contributed by atoms with Crippen molar-refractivity contribution in [1.82, 2.24) is 0 Å². The summed E-state index contributed by atoms with van der Waals surface area (Å²) in [4.78, 5) is 0. The van der Waals surface area contributed by atoms with Crippen LogP contribution in [0.5, 0.6) is 0 Å². The highest BCUT2D eigenvalue weighted by molar-refractivity contribution is 6.31. The molecule has 0 radical (unpaired) electrons. The van der Waals surface area contributed by atoms with Crippen LogP contribution in [0.2, 0.25) is 5.02 Å². The lowest BCUT2D eigenvalue weighted by atomic mass is 10.0. The molecule has 0 saturated carbocycles. The van der Waals surface area contributed by atoms with Gasteiger partial charge in [0.25, 0.3) is 6.43 Å². The zero-order chi connectivity index (χ0) is 11.8. The average Bonchev–Trinajstić information content (AvgIpc) is 2.00. The van der Waals surface area contributed by atoms with Crippen LogP contribution in [0, 0.1) is 6.92 Å². The largest absolute Gasteiger partial charge is 0.417 e. The Hall–Kier alpha value is -0.840. The highest BCUT2D eigenvalue weighted by atomic mass is 35.5. The Balaban J connectivity index is 3.37. The van der Waals surface area contributed by atoms with Crippen molar-refractivity contribution >= 4 is 11.6 Å². The zero-order valence-electron chi connectivity index (χ0n) is 7.50. The van der Waals surface area contributed by atoms with E-state index in [0.717, 1.165) is 6.07 Å². The van der Waals surface area contributed by atoms with Crippen LogP contribution in [0.3, 0.4) is 0 Å². The van der Waals surface area contributed by atoms with Crippen LogP contribution in [0.4, 0.5) is 22.0 Å². The molecule has 0 bridgehead atoms. The maximum Gasteiger partial charge on any atom is 0.417 e. The normalized spacial score (nSPS) is 12.3. The first-order chi connectivity index (χ1) is 6.73. The third-order valence-corrected chi connectivity index (χ3v) is 2.21. The molecule has 0 nitrogen and oxygen atoms in total. The Labute approximate surface area is 87.7 Å². The Morgan fingerprint density at radius 3 is 2.13 bits per heavy atom. The Bertz CT molecular complexity index is 370. The molecule has 0 N–H and O–H groups in total. The molecule has 0 aromatic heterocycles. The number of halogens is 6. The maximum atomic E-state index is 12.3. The number of alkyl halides is 5. The van der Waals surface area contributed by atoms with E-state index in [1.807, 2.05) is 0 Å². The lowest BCUT2D eigenvalue weighted by molar-refractivity contribution is -0.137. The molecule has 0 amide bonds. The summed E-state index contributed by atoms with van der Waals surface area (Å²) in [6, 6.07) is 1.29. The van der Waals surface area contributed by atoms with Gasteiger partial charge in [0.1, 0.15) is 0 Å². The molecular formula is C9H6ClF5. The summed E-state index contributed by atoms with van der Waals surface area (Å²) in [5, 5.41) is -0.565. The highest BCUT2D eigenvalue weighted by Crippen LogP contribution is 2.38. The first-order valence-corrected chi connectivity index (χ1v) is 4.26. The minimum atomic E-state index is -4.71. The summed E-state index contributed by atoms with van der Waals surface area (Å²) in [5.74, 6) is 0. The van der Waals surface area contributed by atoms with E-state index in [0.29, 0.717) is 6.07 Å². The van der Waals surface area contributed by atoms with E-state index in [1.54, 1.807) is 0 Å². The fourth-order valence-corrected chi connectivity index (χ4v) is 1.47. The molecule has 0 spiro atoms. The van der Waals surface area contributed by atoms with Gasteiger partial charge in [-0.3, -0.25) is 0 Å².